The smallest absolute Gasteiger partial charge is 0.406 e. The minimum absolute atomic E-state index is 0.00471. The predicted octanol–water partition coefficient (Wildman–Crippen LogP) is 3.99. The summed E-state index contributed by atoms with van der Waals surface area (Å²) in [5.74, 6) is -7.32. The Hall–Kier alpha value is -4.14. The van der Waals surface area contributed by atoms with Crippen molar-refractivity contribution in [2.75, 3.05) is 0 Å². The van der Waals surface area contributed by atoms with E-state index < -0.39 is 53.1 Å². The van der Waals surface area contributed by atoms with Crippen molar-refractivity contribution >= 4 is 0 Å². The molecule has 0 amide bonds. The normalized spacial score (nSPS) is 13.9. The summed E-state index contributed by atoms with van der Waals surface area (Å²) in [6, 6.07) is 6.08. The van der Waals surface area contributed by atoms with Gasteiger partial charge < -0.3 is 9.84 Å². The highest BCUT2D eigenvalue weighted by Gasteiger charge is 2.58. The van der Waals surface area contributed by atoms with Crippen molar-refractivity contribution in [1.82, 2.24) is 30.2 Å². The number of aromatic nitrogens is 6. The SMILES string of the molecule is OC(Cn1cnnn1)(c1ccc(F)cc1F)C(F)(F)c1cnc(-c2ccc(OC(F)(F)F)cc2)cn1. The standard InChI is InChI=1S/C21H13F7N6O2/c22-13-3-6-15(16(23)7-13)19(35,10-34-11-31-32-33-34)20(24,25)18-9-29-17(8-30-18)12-1-4-14(5-2-12)36-21(26,27)28/h1-9,11,35H,10H2. The van der Waals surface area contributed by atoms with Crippen LogP contribution in [0, 0.1) is 11.6 Å². The maximum absolute atomic E-state index is 15.7. The van der Waals surface area contributed by atoms with E-state index in [1.807, 2.05) is 0 Å². The first-order chi connectivity index (χ1) is 16.9. The van der Waals surface area contributed by atoms with Gasteiger partial charge in [0.1, 0.15) is 29.4 Å². The number of halogens is 7. The molecule has 0 spiro atoms. The second-order valence-electron chi connectivity index (χ2n) is 7.43. The van der Waals surface area contributed by atoms with Gasteiger partial charge in [-0.2, -0.15) is 8.78 Å². The molecule has 1 unspecified atom stereocenters. The van der Waals surface area contributed by atoms with Gasteiger partial charge in [-0.25, -0.2) is 13.5 Å². The molecule has 2 aromatic carbocycles. The quantitative estimate of drug-likeness (QED) is 0.373. The Labute approximate surface area is 197 Å². The summed E-state index contributed by atoms with van der Waals surface area (Å²) >= 11 is 0. The van der Waals surface area contributed by atoms with E-state index in [0.29, 0.717) is 24.4 Å². The van der Waals surface area contributed by atoms with Crippen molar-refractivity contribution in [1.29, 1.82) is 0 Å². The summed E-state index contributed by atoms with van der Waals surface area (Å²) < 4.78 is 101. The van der Waals surface area contributed by atoms with Gasteiger partial charge in [-0.05, 0) is 46.8 Å². The van der Waals surface area contributed by atoms with Gasteiger partial charge in [0.15, 0.2) is 5.60 Å². The number of benzene rings is 2. The van der Waals surface area contributed by atoms with Gasteiger partial charge in [0.25, 0.3) is 0 Å². The summed E-state index contributed by atoms with van der Waals surface area (Å²) in [4.78, 5) is 7.48. The third-order valence-corrected chi connectivity index (χ3v) is 5.04. The molecule has 1 N–H and O–H groups in total. The largest absolute Gasteiger partial charge is 0.573 e. The predicted molar refractivity (Wildman–Crippen MR) is 106 cm³/mol. The van der Waals surface area contributed by atoms with Crippen molar-refractivity contribution in [2.45, 2.75) is 24.4 Å². The van der Waals surface area contributed by atoms with E-state index in [0.717, 1.165) is 29.3 Å². The first-order valence-corrected chi connectivity index (χ1v) is 9.84. The molecule has 0 radical (unpaired) electrons. The summed E-state index contributed by atoms with van der Waals surface area (Å²) in [5, 5.41) is 21.1. The third kappa shape index (κ3) is 4.95. The summed E-state index contributed by atoms with van der Waals surface area (Å²) in [6.07, 6.45) is -2.48. The molecule has 0 saturated heterocycles. The molecular formula is C21H13F7N6O2. The zero-order chi connectivity index (χ0) is 26.1. The number of hydrogen-bond donors (Lipinski definition) is 1. The van der Waals surface area contributed by atoms with Gasteiger partial charge in [-0.3, -0.25) is 9.97 Å². The molecule has 2 heterocycles. The topological polar surface area (TPSA) is 98.8 Å². The lowest BCUT2D eigenvalue weighted by atomic mass is 9.85. The fourth-order valence-corrected chi connectivity index (χ4v) is 3.34. The van der Waals surface area contributed by atoms with Crippen LogP contribution in [0.4, 0.5) is 30.7 Å². The van der Waals surface area contributed by atoms with E-state index in [2.05, 4.69) is 30.2 Å². The van der Waals surface area contributed by atoms with E-state index in [-0.39, 0.29) is 11.3 Å². The van der Waals surface area contributed by atoms with Crippen LogP contribution in [0.25, 0.3) is 11.3 Å². The van der Waals surface area contributed by atoms with Crippen LogP contribution in [-0.4, -0.2) is 41.6 Å². The molecule has 0 aliphatic carbocycles. The molecular weight excluding hydrogens is 501 g/mol. The second kappa shape index (κ2) is 9.14. The van der Waals surface area contributed by atoms with Crippen LogP contribution >= 0.6 is 0 Å². The molecule has 8 nitrogen and oxygen atoms in total. The first kappa shape index (κ1) is 25.0. The average Bonchev–Trinajstić information content (AvgIpc) is 3.31. The lowest BCUT2D eigenvalue weighted by Gasteiger charge is -2.35. The zero-order valence-electron chi connectivity index (χ0n) is 17.7. The Morgan fingerprint density at radius 2 is 1.64 bits per heavy atom. The Morgan fingerprint density at radius 1 is 0.917 bits per heavy atom. The summed E-state index contributed by atoms with van der Waals surface area (Å²) in [6.45, 7) is -1.04. The number of nitrogens with zero attached hydrogens (tertiary/aromatic N) is 6. The maximum atomic E-state index is 15.7. The van der Waals surface area contributed by atoms with Crippen molar-refractivity contribution in [3.63, 3.8) is 0 Å². The van der Waals surface area contributed by atoms with Gasteiger partial charge in [0.05, 0.1) is 24.6 Å². The molecule has 2 aromatic heterocycles. The van der Waals surface area contributed by atoms with Crippen LogP contribution < -0.4 is 4.74 Å². The van der Waals surface area contributed by atoms with E-state index >= 15 is 8.78 Å². The maximum Gasteiger partial charge on any atom is 0.573 e. The van der Waals surface area contributed by atoms with E-state index in [9.17, 15) is 27.1 Å². The fourth-order valence-electron chi connectivity index (χ4n) is 3.34. The Morgan fingerprint density at radius 3 is 2.19 bits per heavy atom. The van der Waals surface area contributed by atoms with Crippen molar-refractivity contribution in [2.24, 2.45) is 0 Å². The lowest BCUT2D eigenvalue weighted by Crippen LogP contribution is -2.48. The highest BCUT2D eigenvalue weighted by atomic mass is 19.4. The van der Waals surface area contributed by atoms with Crippen LogP contribution in [0.2, 0.25) is 0 Å². The number of hydrogen-bond acceptors (Lipinski definition) is 7. The van der Waals surface area contributed by atoms with Crippen LogP contribution in [0.3, 0.4) is 0 Å². The fraction of sp³-hybridized carbons (Fsp3) is 0.190. The molecule has 0 bridgehead atoms. The Bertz CT molecular complexity index is 1330. The van der Waals surface area contributed by atoms with Crippen LogP contribution in [0.15, 0.2) is 61.2 Å². The van der Waals surface area contributed by atoms with E-state index in [1.165, 1.54) is 12.1 Å². The number of tetrazole rings is 1. The van der Waals surface area contributed by atoms with Gasteiger partial charge in [-0.1, -0.05) is 0 Å². The zero-order valence-corrected chi connectivity index (χ0v) is 17.7. The van der Waals surface area contributed by atoms with Gasteiger partial charge in [-0.15, -0.1) is 18.3 Å². The second-order valence-corrected chi connectivity index (χ2v) is 7.43. The van der Waals surface area contributed by atoms with Crippen LogP contribution in [-0.2, 0) is 18.1 Å². The minimum Gasteiger partial charge on any atom is -0.406 e. The summed E-state index contributed by atoms with van der Waals surface area (Å²) in [5.41, 5.74) is -5.14. The molecule has 4 rings (SSSR count). The molecule has 15 heteroatoms. The van der Waals surface area contributed by atoms with Gasteiger partial charge in [0, 0.05) is 17.2 Å². The number of aliphatic hydroxyl groups is 1. The van der Waals surface area contributed by atoms with Gasteiger partial charge in [0.2, 0.25) is 0 Å². The molecule has 0 aliphatic heterocycles. The van der Waals surface area contributed by atoms with E-state index in [4.69, 9.17) is 0 Å². The number of rotatable bonds is 7. The molecule has 0 fully saturated rings. The highest BCUT2D eigenvalue weighted by molar-refractivity contribution is 5.59. The van der Waals surface area contributed by atoms with Crippen molar-refractivity contribution in [3.05, 3.63) is 84.1 Å². The average molecular weight is 514 g/mol. The summed E-state index contributed by atoms with van der Waals surface area (Å²) in [7, 11) is 0. The highest BCUT2D eigenvalue weighted by Crippen LogP contribution is 2.46. The van der Waals surface area contributed by atoms with Crippen molar-refractivity contribution < 1.29 is 40.6 Å². The molecule has 0 saturated carbocycles. The van der Waals surface area contributed by atoms with Gasteiger partial charge >= 0.3 is 12.3 Å². The van der Waals surface area contributed by atoms with Crippen LogP contribution in [0.5, 0.6) is 5.75 Å². The van der Waals surface area contributed by atoms with Crippen molar-refractivity contribution in [3.8, 4) is 17.0 Å². The molecule has 36 heavy (non-hydrogen) atoms. The third-order valence-electron chi connectivity index (χ3n) is 5.04. The Balaban J connectivity index is 1.69. The molecule has 1 atom stereocenters. The molecule has 0 aliphatic rings. The van der Waals surface area contributed by atoms with E-state index in [1.54, 1.807) is 0 Å². The Kier molecular flexibility index (Phi) is 6.34. The molecule has 188 valence electrons. The number of alkyl halides is 5. The lowest BCUT2D eigenvalue weighted by molar-refractivity contribution is -0.274. The van der Waals surface area contributed by atoms with Crippen LogP contribution in [0.1, 0.15) is 11.3 Å². The first-order valence-electron chi connectivity index (χ1n) is 9.84. The minimum atomic E-state index is -4.89. The number of ether oxygens (including phenoxy) is 1. The molecule has 4 aromatic rings. The monoisotopic (exact) mass is 514 g/mol.